The summed E-state index contributed by atoms with van der Waals surface area (Å²) in [4.78, 5) is 0. The van der Waals surface area contributed by atoms with Crippen LogP contribution in [0.25, 0.3) is 10.9 Å². The number of aromatic nitrogens is 1. The van der Waals surface area contributed by atoms with E-state index in [1.54, 1.807) is 14.2 Å². The van der Waals surface area contributed by atoms with E-state index in [9.17, 15) is 0 Å². The fourth-order valence-corrected chi connectivity index (χ4v) is 2.33. The van der Waals surface area contributed by atoms with Crippen molar-refractivity contribution in [2.75, 3.05) is 14.2 Å². The molecule has 1 heterocycles. The highest BCUT2D eigenvalue weighted by Gasteiger charge is 2.14. The molecular formula is C14H20N2O2. The molecule has 0 saturated heterocycles. The van der Waals surface area contributed by atoms with Gasteiger partial charge in [0.1, 0.15) is 11.5 Å². The Balaban J connectivity index is 2.68. The molecule has 1 aromatic carbocycles. The minimum atomic E-state index is 0.127. The van der Waals surface area contributed by atoms with E-state index < -0.39 is 0 Å². The average Bonchev–Trinajstić information content (AvgIpc) is 2.64. The second-order valence-electron chi connectivity index (χ2n) is 4.67. The van der Waals surface area contributed by atoms with Crippen molar-refractivity contribution in [2.45, 2.75) is 19.4 Å². The maximum atomic E-state index is 5.90. The van der Waals surface area contributed by atoms with Gasteiger partial charge in [-0.1, -0.05) is 0 Å². The van der Waals surface area contributed by atoms with Crippen molar-refractivity contribution >= 4 is 10.9 Å². The van der Waals surface area contributed by atoms with E-state index in [4.69, 9.17) is 15.2 Å². The van der Waals surface area contributed by atoms with Crippen molar-refractivity contribution in [1.82, 2.24) is 4.57 Å². The van der Waals surface area contributed by atoms with Gasteiger partial charge in [-0.2, -0.15) is 0 Å². The lowest BCUT2D eigenvalue weighted by Gasteiger charge is -2.09. The summed E-state index contributed by atoms with van der Waals surface area (Å²) in [5.74, 6) is 1.63. The Morgan fingerprint density at radius 2 is 2.00 bits per heavy atom. The predicted molar refractivity (Wildman–Crippen MR) is 73.4 cm³/mol. The summed E-state index contributed by atoms with van der Waals surface area (Å²) in [7, 11) is 5.36. The second kappa shape index (κ2) is 4.90. The Hall–Kier alpha value is -1.68. The van der Waals surface area contributed by atoms with E-state index in [2.05, 4.69) is 10.8 Å². The third kappa shape index (κ3) is 2.16. The highest BCUT2D eigenvalue weighted by Crippen LogP contribution is 2.34. The number of rotatable bonds is 4. The first-order valence-corrected chi connectivity index (χ1v) is 6.02. The molecule has 0 radical (unpaired) electrons. The molecule has 18 heavy (non-hydrogen) atoms. The number of hydrogen-bond donors (Lipinski definition) is 1. The Labute approximate surface area is 107 Å². The summed E-state index contributed by atoms with van der Waals surface area (Å²) in [6, 6.07) is 4.05. The zero-order chi connectivity index (χ0) is 13.3. The summed E-state index contributed by atoms with van der Waals surface area (Å²) in [6.45, 7) is 2.01. The number of fused-ring (bicyclic) bond motifs is 1. The number of hydrogen-bond acceptors (Lipinski definition) is 3. The van der Waals surface area contributed by atoms with E-state index in [-0.39, 0.29) is 6.04 Å². The first-order valence-electron chi connectivity index (χ1n) is 6.02. The standard InChI is InChI=1S/C14H20N2O2/c1-9(15)5-10-8-16(2)12-6-11(17-3)7-13(18-4)14(10)12/h6-9H,5,15H2,1-4H3. The van der Waals surface area contributed by atoms with Gasteiger partial charge in [0.25, 0.3) is 0 Å². The van der Waals surface area contributed by atoms with E-state index in [1.807, 2.05) is 26.1 Å². The highest BCUT2D eigenvalue weighted by molar-refractivity contribution is 5.91. The average molecular weight is 248 g/mol. The van der Waals surface area contributed by atoms with Crippen LogP contribution in [0.2, 0.25) is 0 Å². The number of methoxy groups -OCH3 is 2. The zero-order valence-electron chi connectivity index (χ0n) is 11.4. The molecule has 0 spiro atoms. The molecule has 0 aliphatic heterocycles. The predicted octanol–water partition coefficient (Wildman–Crippen LogP) is 2.09. The quantitative estimate of drug-likeness (QED) is 0.901. The molecule has 2 rings (SSSR count). The molecule has 2 N–H and O–H groups in total. The summed E-state index contributed by atoms with van der Waals surface area (Å²) in [5.41, 5.74) is 8.21. The molecule has 2 aromatic rings. The van der Waals surface area contributed by atoms with E-state index in [0.29, 0.717) is 0 Å². The fourth-order valence-electron chi connectivity index (χ4n) is 2.33. The van der Waals surface area contributed by atoms with Crippen molar-refractivity contribution < 1.29 is 9.47 Å². The lowest BCUT2D eigenvalue weighted by atomic mass is 10.1. The van der Waals surface area contributed by atoms with Crippen LogP contribution in [0, 0.1) is 0 Å². The van der Waals surface area contributed by atoms with E-state index in [0.717, 1.165) is 28.8 Å². The molecular weight excluding hydrogens is 228 g/mol. The maximum absolute atomic E-state index is 5.90. The molecule has 0 aliphatic rings. The summed E-state index contributed by atoms with van der Waals surface area (Å²) >= 11 is 0. The number of aryl methyl sites for hydroxylation is 1. The lowest BCUT2D eigenvalue weighted by Crippen LogP contribution is -2.17. The van der Waals surface area contributed by atoms with Gasteiger partial charge in [0, 0.05) is 36.8 Å². The molecule has 4 heteroatoms. The van der Waals surface area contributed by atoms with Crippen LogP contribution in [-0.2, 0) is 13.5 Å². The van der Waals surface area contributed by atoms with Gasteiger partial charge in [-0.25, -0.2) is 0 Å². The number of benzene rings is 1. The van der Waals surface area contributed by atoms with Crippen LogP contribution in [0.15, 0.2) is 18.3 Å². The monoisotopic (exact) mass is 248 g/mol. The minimum Gasteiger partial charge on any atom is -0.497 e. The van der Waals surface area contributed by atoms with Crippen LogP contribution < -0.4 is 15.2 Å². The number of nitrogens with two attached hydrogens (primary N) is 1. The third-order valence-corrected chi connectivity index (χ3v) is 3.10. The first kappa shape index (κ1) is 12.8. The van der Waals surface area contributed by atoms with Gasteiger partial charge in [-0.15, -0.1) is 0 Å². The fraction of sp³-hybridized carbons (Fsp3) is 0.429. The molecule has 1 atom stereocenters. The Morgan fingerprint density at radius 1 is 1.28 bits per heavy atom. The van der Waals surface area contributed by atoms with Crippen LogP contribution in [0.1, 0.15) is 12.5 Å². The van der Waals surface area contributed by atoms with Crippen molar-refractivity contribution in [2.24, 2.45) is 12.8 Å². The second-order valence-corrected chi connectivity index (χ2v) is 4.67. The van der Waals surface area contributed by atoms with Crippen molar-refractivity contribution in [3.05, 3.63) is 23.9 Å². The Kier molecular flexibility index (Phi) is 3.48. The summed E-state index contributed by atoms with van der Waals surface area (Å²) < 4.78 is 12.8. The van der Waals surface area contributed by atoms with Crippen molar-refractivity contribution in [3.8, 4) is 11.5 Å². The van der Waals surface area contributed by atoms with E-state index >= 15 is 0 Å². The highest BCUT2D eigenvalue weighted by atomic mass is 16.5. The largest absolute Gasteiger partial charge is 0.497 e. The van der Waals surface area contributed by atoms with Crippen LogP contribution in [0.5, 0.6) is 11.5 Å². The maximum Gasteiger partial charge on any atom is 0.132 e. The molecule has 4 nitrogen and oxygen atoms in total. The van der Waals surface area contributed by atoms with Gasteiger partial charge in [-0.05, 0) is 18.9 Å². The number of nitrogens with zero attached hydrogens (tertiary/aromatic N) is 1. The Bertz CT molecular complexity index is 558. The van der Waals surface area contributed by atoms with Crippen LogP contribution in [0.3, 0.4) is 0 Å². The van der Waals surface area contributed by atoms with Crippen LogP contribution in [-0.4, -0.2) is 24.8 Å². The van der Waals surface area contributed by atoms with Gasteiger partial charge < -0.3 is 19.8 Å². The lowest BCUT2D eigenvalue weighted by molar-refractivity contribution is 0.397. The zero-order valence-corrected chi connectivity index (χ0v) is 11.4. The molecule has 1 aromatic heterocycles. The van der Waals surface area contributed by atoms with Gasteiger partial charge in [0.05, 0.1) is 19.7 Å². The molecule has 0 saturated carbocycles. The molecule has 1 unspecified atom stereocenters. The first-order chi connectivity index (χ1) is 8.56. The van der Waals surface area contributed by atoms with Gasteiger partial charge in [0.15, 0.2) is 0 Å². The molecule has 0 bridgehead atoms. The van der Waals surface area contributed by atoms with Crippen LogP contribution >= 0.6 is 0 Å². The van der Waals surface area contributed by atoms with Crippen LogP contribution in [0.4, 0.5) is 0 Å². The molecule has 0 fully saturated rings. The van der Waals surface area contributed by atoms with Crippen molar-refractivity contribution in [1.29, 1.82) is 0 Å². The minimum absolute atomic E-state index is 0.127. The molecule has 0 aliphatic carbocycles. The summed E-state index contributed by atoms with van der Waals surface area (Å²) in [6.07, 6.45) is 2.94. The topological polar surface area (TPSA) is 49.4 Å². The van der Waals surface area contributed by atoms with Gasteiger partial charge >= 0.3 is 0 Å². The molecule has 0 amide bonds. The summed E-state index contributed by atoms with van der Waals surface area (Å²) in [5, 5.41) is 1.12. The van der Waals surface area contributed by atoms with E-state index in [1.165, 1.54) is 5.56 Å². The van der Waals surface area contributed by atoms with Crippen molar-refractivity contribution in [3.63, 3.8) is 0 Å². The normalized spacial score (nSPS) is 12.7. The van der Waals surface area contributed by atoms with Gasteiger partial charge in [0.2, 0.25) is 0 Å². The SMILES string of the molecule is COc1cc(OC)c2c(CC(C)N)cn(C)c2c1. The Morgan fingerprint density at radius 3 is 2.56 bits per heavy atom. The van der Waals surface area contributed by atoms with Gasteiger partial charge in [-0.3, -0.25) is 0 Å². The smallest absolute Gasteiger partial charge is 0.132 e. The number of ether oxygens (including phenoxy) is 2. The molecule has 98 valence electrons. The third-order valence-electron chi connectivity index (χ3n) is 3.10.